The van der Waals surface area contributed by atoms with Gasteiger partial charge in [-0.15, -0.1) is 0 Å². The number of rotatable bonds is 2. The monoisotopic (exact) mass is 181 g/mol. The van der Waals surface area contributed by atoms with E-state index < -0.39 is 0 Å². The summed E-state index contributed by atoms with van der Waals surface area (Å²) in [6.45, 7) is 2.74. The lowest BCUT2D eigenvalue weighted by atomic mass is 10.1. The molecule has 0 bridgehead atoms. The van der Waals surface area contributed by atoms with E-state index >= 15 is 0 Å². The van der Waals surface area contributed by atoms with E-state index in [0.29, 0.717) is 0 Å². The minimum Gasteiger partial charge on any atom is -0.392 e. The van der Waals surface area contributed by atoms with Gasteiger partial charge in [0.15, 0.2) is 0 Å². The molecule has 72 valence electrons. The Balaban J connectivity index is 1.87. The lowest BCUT2D eigenvalue weighted by Gasteiger charge is -2.29. The minimum atomic E-state index is -0.142. The van der Waals surface area contributed by atoms with Gasteiger partial charge in [0.2, 0.25) is 0 Å². The maximum absolute atomic E-state index is 9.44. The molecular formula is C9H15N3O. The molecule has 0 amide bonds. The molecule has 2 rings (SSSR count). The summed E-state index contributed by atoms with van der Waals surface area (Å²) in [5, 5.41) is 16.3. The zero-order chi connectivity index (χ0) is 9.10. The second-order valence-corrected chi connectivity index (χ2v) is 3.61. The molecule has 0 aromatic carbocycles. The maximum atomic E-state index is 9.44. The van der Waals surface area contributed by atoms with Crippen LogP contribution in [0.3, 0.4) is 0 Å². The molecule has 1 atom stereocenters. The van der Waals surface area contributed by atoms with Gasteiger partial charge in [0.05, 0.1) is 6.10 Å². The van der Waals surface area contributed by atoms with Crippen LogP contribution in [0, 0.1) is 0 Å². The van der Waals surface area contributed by atoms with Crippen LogP contribution in [0.4, 0.5) is 0 Å². The Bertz CT molecular complexity index is 247. The highest BCUT2D eigenvalue weighted by molar-refractivity contribution is 4.97. The van der Waals surface area contributed by atoms with E-state index in [9.17, 15) is 5.11 Å². The van der Waals surface area contributed by atoms with Crippen molar-refractivity contribution in [2.45, 2.75) is 25.5 Å². The largest absolute Gasteiger partial charge is 0.392 e. The zero-order valence-corrected chi connectivity index (χ0v) is 7.61. The second kappa shape index (κ2) is 3.89. The number of H-pyrrole nitrogens is 1. The van der Waals surface area contributed by atoms with Crippen LogP contribution in [0.15, 0.2) is 12.3 Å². The van der Waals surface area contributed by atoms with Gasteiger partial charge < -0.3 is 5.11 Å². The summed E-state index contributed by atoms with van der Waals surface area (Å²) in [7, 11) is 0. The zero-order valence-electron chi connectivity index (χ0n) is 7.61. The molecule has 0 aliphatic carbocycles. The SMILES string of the molecule is OC1CCCN(Cc2ccn[nH]2)C1. The number of likely N-dealkylation sites (tertiary alicyclic amines) is 1. The Kier molecular flexibility index (Phi) is 2.61. The predicted molar refractivity (Wildman–Crippen MR) is 49.1 cm³/mol. The first-order chi connectivity index (χ1) is 6.34. The summed E-state index contributed by atoms with van der Waals surface area (Å²) in [5.74, 6) is 0. The van der Waals surface area contributed by atoms with Crippen LogP contribution in [0.5, 0.6) is 0 Å². The molecule has 1 aliphatic heterocycles. The maximum Gasteiger partial charge on any atom is 0.0667 e. The van der Waals surface area contributed by atoms with Crippen molar-refractivity contribution in [3.05, 3.63) is 18.0 Å². The van der Waals surface area contributed by atoms with Crippen LogP contribution >= 0.6 is 0 Å². The van der Waals surface area contributed by atoms with Gasteiger partial charge in [-0.3, -0.25) is 10.00 Å². The molecule has 0 spiro atoms. The van der Waals surface area contributed by atoms with Crippen LogP contribution in [0.1, 0.15) is 18.5 Å². The Labute approximate surface area is 77.6 Å². The molecular weight excluding hydrogens is 166 g/mol. The third-order valence-electron chi connectivity index (χ3n) is 2.43. The lowest BCUT2D eigenvalue weighted by Crippen LogP contribution is -2.37. The fourth-order valence-electron chi connectivity index (χ4n) is 1.79. The van der Waals surface area contributed by atoms with E-state index in [1.165, 1.54) is 0 Å². The van der Waals surface area contributed by atoms with Gasteiger partial charge in [-0.25, -0.2) is 0 Å². The van der Waals surface area contributed by atoms with Crippen molar-refractivity contribution in [3.8, 4) is 0 Å². The Morgan fingerprint density at radius 2 is 2.62 bits per heavy atom. The summed E-state index contributed by atoms with van der Waals surface area (Å²) < 4.78 is 0. The van der Waals surface area contributed by atoms with Crippen LogP contribution in [-0.4, -0.2) is 39.4 Å². The number of nitrogens with one attached hydrogen (secondary N) is 1. The molecule has 1 fully saturated rings. The number of aliphatic hydroxyl groups is 1. The summed E-state index contributed by atoms with van der Waals surface area (Å²) >= 11 is 0. The van der Waals surface area contributed by atoms with E-state index in [1.807, 2.05) is 6.07 Å². The number of aromatic amines is 1. The molecule has 1 aliphatic rings. The number of β-amino-alcohol motifs (C(OH)–C–C–N with tert-alkyl or cyclic N) is 1. The molecule has 0 saturated carbocycles. The van der Waals surface area contributed by atoms with Crippen LogP contribution in [0.25, 0.3) is 0 Å². The van der Waals surface area contributed by atoms with Gasteiger partial charge in [0.25, 0.3) is 0 Å². The number of aliphatic hydroxyl groups excluding tert-OH is 1. The van der Waals surface area contributed by atoms with Crippen molar-refractivity contribution in [1.82, 2.24) is 15.1 Å². The van der Waals surface area contributed by atoms with Gasteiger partial charge >= 0.3 is 0 Å². The topological polar surface area (TPSA) is 52.1 Å². The van der Waals surface area contributed by atoms with Crippen molar-refractivity contribution in [2.24, 2.45) is 0 Å². The summed E-state index contributed by atoms with van der Waals surface area (Å²) in [4.78, 5) is 2.25. The number of aromatic nitrogens is 2. The molecule has 1 unspecified atom stereocenters. The quantitative estimate of drug-likeness (QED) is 0.693. The summed E-state index contributed by atoms with van der Waals surface area (Å²) in [5.41, 5.74) is 1.12. The van der Waals surface area contributed by atoms with Crippen molar-refractivity contribution in [1.29, 1.82) is 0 Å². The number of nitrogens with zero attached hydrogens (tertiary/aromatic N) is 2. The highest BCUT2D eigenvalue weighted by Gasteiger charge is 2.17. The van der Waals surface area contributed by atoms with Gasteiger partial charge in [-0.05, 0) is 25.5 Å². The van der Waals surface area contributed by atoms with Crippen molar-refractivity contribution < 1.29 is 5.11 Å². The van der Waals surface area contributed by atoms with E-state index in [-0.39, 0.29) is 6.10 Å². The smallest absolute Gasteiger partial charge is 0.0667 e. The number of hydrogen-bond donors (Lipinski definition) is 2. The van der Waals surface area contributed by atoms with Gasteiger partial charge in [0, 0.05) is 25.0 Å². The molecule has 0 radical (unpaired) electrons. The predicted octanol–water partition coefficient (Wildman–Crippen LogP) is 0.366. The molecule has 1 aromatic heterocycles. The summed E-state index contributed by atoms with van der Waals surface area (Å²) in [6, 6.07) is 1.97. The second-order valence-electron chi connectivity index (χ2n) is 3.61. The first-order valence-corrected chi connectivity index (χ1v) is 4.73. The van der Waals surface area contributed by atoms with E-state index in [0.717, 1.165) is 38.2 Å². The Hall–Kier alpha value is -0.870. The minimum absolute atomic E-state index is 0.142. The van der Waals surface area contributed by atoms with Crippen molar-refractivity contribution >= 4 is 0 Å². The van der Waals surface area contributed by atoms with Crippen molar-refractivity contribution in [3.63, 3.8) is 0 Å². The molecule has 4 heteroatoms. The molecule has 1 saturated heterocycles. The van der Waals surface area contributed by atoms with Crippen LogP contribution in [-0.2, 0) is 6.54 Å². The molecule has 1 aromatic rings. The first-order valence-electron chi connectivity index (χ1n) is 4.73. The van der Waals surface area contributed by atoms with Gasteiger partial charge in [-0.1, -0.05) is 0 Å². The first kappa shape index (κ1) is 8.72. The normalized spacial score (nSPS) is 24.8. The Morgan fingerprint density at radius 3 is 3.31 bits per heavy atom. The highest BCUT2D eigenvalue weighted by Crippen LogP contribution is 2.11. The van der Waals surface area contributed by atoms with Crippen LogP contribution < -0.4 is 0 Å². The average Bonchev–Trinajstić information content (AvgIpc) is 2.57. The highest BCUT2D eigenvalue weighted by atomic mass is 16.3. The number of piperidine rings is 1. The third-order valence-corrected chi connectivity index (χ3v) is 2.43. The molecule has 4 nitrogen and oxygen atoms in total. The number of hydrogen-bond acceptors (Lipinski definition) is 3. The van der Waals surface area contributed by atoms with E-state index in [1.54, 1.807) is 6.20 Å². The Morgan fingerprint density at radius 1 is 1.69 bits per heavy atom. The van der Waals surface area contributed by atoms with Crippen molar-refractivity contribution in [2.75, 3.05) is 13.1 Å². The van der Waals surface area contributed by atoms with Gasteiger partial charge in [-0.2, -0.15) is 5.10 Å². The fraction of sp³-hybridized carbons (Fsp3) is 0.667. The van der Waals surface area contributed by atoms with E-state index in [4.69, 9.17) is 0 Å². The molecule has 2 N–H and O–H groups in total. The standard InChI is InChI=1S/C9H15N3O/c13-9-2-1-5-12(7-9)6-8-3-4-10-11-8/h3-4,9,13H,1-2,5-7H2,(H,10,11). The summed E-state index contributed by atoms with van der Waals surface area (Å²) in [6.07, 6.45) is 3.65. The molecule has 13 heavy (non-hydrogen) atoms. The van der Waals surface area contributed by atoms with Gasteiger partial charge in [0.1, 0.15) is 0 Å². The fourth-order valence-corrected chi connectivity index (χ4v) is 1.79. The van der Waals surface area contributed by atoms with E-state index in [2.05, 4.69) is 15.1 Å². The third kappa shape index (κ3) is 2.29. The van der Waals surface area contributed by atoms with Crippen LogP contribution in [0.2, 0.25) is 0 Å². The molecule has 2 heterocycles. The average molecular weight is 181 g/mol. The lowest BCUT2D eigenvalue weighted by molar-refractivity contribution is 0.0662.